The molecule has 0 radical (unpaired) electrons. The standard InChI is InChI=1S/C15H22FNO3S/c1-3-17(13-6-4-5-7-13)21(19,20)14-8-11(2)15(16)12(9-14)10-18/h8-9,13,18H,3-7,10H2,1-2H3. The van der Waals surface area contributed by atoms with E-state index in [9.17, 15) is 17.9 Å². The second kappa shape index (κ2) is 6.42. The van der Waals surface area contributed by atoms with E-state index in [1.165, 1.54) is 23.4 Å². The number of hydrogen-bond acceptors (Lipinski definition) is 3. The van der Waals surface area contributed by atoms with E-state index in [-0.39, 0.29) is 22.1 Å². The number of halogens is 1. The SMILES string of the molecule is CCN(C1CCCC1)S(=O)(=O)c1cc(C)c(F)c(CO)c1. The molecule has 0 spiro atoms. The van der Waals surface area contributed by atoms with Crippen LogP contribution in [0.15, 0.2) is 17.0 Å². The third-order valence-electron chi connectivity index (χ3n) is 4.12. The smallest absolute Gasteiger partial charge is 0.243 e. The Labute approximate surface area is 125 Å². The van der Waals surface area contributed by atoms with Gasteiger partial charge in [-0.2, -0.15) is 4.31 Å². The first-order valence-corrected chi connectivity index (χ1v) is 8.77. The highest BCUT2D eigenvalue weighted by Crippen LogP contribution is 2.29. The Balaban J connectivity index is 2.44. The molecule has 0 atom stereocenters. The van der Waals surface area contributed by atoms with E-state index in [0.29, 0.717) is 6.54 Å². The molecule has 1 aromatic carbocycles. The first-order valence-electron chi connectivity index (χ1n) is 7.33. The molecular formula is C15H22FNO3S. The molecule has 4 nitrogen and oxygen atoms in total. The maximum absolute atomic E-state index is 13.8. The van der Waals surface area contributed by atoms with Gasteiger partial charge in [-0.15, -0.1) is 0 Å². The molecule has 6 heteroatoms. The number of aliphatic hydroxyl groups excluding tert-OH is 1. The van der Waals surface area contributed by atoms with Crippen LogP contribution < -0.4 is 0 Å². The summed E-state index contributed by atoms with van der Waals surface area (Å²) in [5.41, 5.74) is 0.263. The van der Waals surface area contributed by atoms with Gasteiger partial charge in [0.25, 0.3) is 0 Å². The number of hydrogen-bond donors (Lipinski definition) is 1. The molecule has 1 saturated carbocycles. The maximum Gasteiger partial charge on any atom is 0.243 e. The first kappa shape index (κ1) is 16.4. The van der Waals surface area contributed by atoms with Gasteiger partial charge in [0.15, 0.2) is 0 Å². The predicted molar refractivity (Wildman–Crippen MR) is 78.9 cm³/mol. The fourth-order valence-corrected chi connectivity index (χ4v) is 4.85. The van der Waals surface area contributed by atoms with Gasteiger partial charge in [-0.1, -0.05) is 19.8 Å². The normalized spacial score (nSPS) is 16.8. The zero-order chi connectivity index (χ0) is 15.6. The van der Waals surface area contributed by atoms with Crippen molar-refractivity contribution in [3.63, 3.8) is 0 Å². The predicted octanol–water partition coefficient (Wildman–Crippen LogP) is 2.58. The van der Waals surface area contributed by atoms with Crippen molar-refractivity contribution >= 4 is 10.0 Å². The lowest BCUT2D eigenvalue weighted by Crippen LogP contribution is -2.38. The van der Waals surface area contributed by atoms with Gasteiger partial charge in [0.2, 0.25) is 10.0 Å². The van der Waals surface area contributed by atoms with Gasteiger partial charge >= 0.3 is 0 Å². The summed E-state index contributed by atoms with van der Waals surface area (Å²) in [4.78, 5) is 0.0687. The minimum absolute atomic E-state index is 0.0241. The minimum atomic E-state index is -3.65. The summed E-state index contributed by atoms with van der Waals surface area (Å²) < 4.78 is 40.9. The lowest BCUT2D eigenvalue weighted by Gasteiger charge is -2.27. The van der Waals surface area contributed by atoms with Gasteiger partial charge in [-0.05, 0) is 37.5 Å². The van der Waals surface area contributed by atoms with Crippen molar-refractivity contribution in [1.29, 1.82) is 0 Å². The van der Waals surface area contributed by atoms with Gasteiger partial charge in [0, 0.05) is 18.2 Å². The van der Waals surface area contributed by atoms with Crippen LogP contribution in [-0.2, 0) is 16.6 Å². The lowest BCUT2D eigenvalue weighted by molar-refractivity contribution is 0.275. The molecule has 0 saturated heterocycles. The van der Waals surface area contributed by atoms with Crippen molar-refractivity contribution in [2.24, 2.45) is 0 Å². The second-order valence-corrected chi connectivity index (χ2v) is 7.41. The van der Waals surface area contributed by atoms with Crippen LogP contribution in [0.5, 0.6) is 0 Å². The van der Waals surface area contributed by atoms with Crippen molar-refractivity contribution in [3.8, 4) is 0 Å². The minimum Gasteiger partial charge on any atom is -0.392 e. The number of aryl methyl sites for hydroxylation is 1. The van der Waals surface area contributed by atoms with Gasteiger partial charge in [0.1, 0.15) is 5.82 Å². The van der Waals surface area contributed by atoms with Crippen molar-refractivity contribution in [3.05, 3.63) is 29.1 Å². The molecule has 0 aromatic heterocycles. The van der Waals surface area contributed by atoms with Crippen molar-refractivity contribution in [2.75, 3.05) is 6.54 Å². The highest BCUT2D eigenvalue weighted by Gasteiger charge is 2.32. The van der Waals surface area contributed by atoms with Crippen molar-refractivity contribution < 1.29 is 17.9 Å². The van der Waals surface area contributed by atoms with Crippen molar-refractivity contribution in [1.82, 2.24) is 4.31 Å². The van der Waals surface area contributed by atoms with E-state index in [0.717, 1.165) is 25.7 Å². The van der Waals surface area contributed by atoms with Gasteiger partial charge in [0.05, 0.1) is 11.5 Å². The molecule has 1 aliphatic rings. The average Bonchev–Trinajstić information content (AvgIpc) is 2.95. The molecule has 1 fully saturated rings. The van der Waals surface area contributed by atoms with Crippen LogP contribution in [0.2, 0.25) is 0 Å². The van der Waals surface area contributed by atoms with Crippen LogP contribution in [-0.4, -0.2) is 30.4 Å². The highest BCUT2D eigenvalue weighted by atomic mass is 32.2. The number of nitrogens with zero attached hydrogens (tertiary/aromatic N) is 1. The Morgan fingerprint density at radius 2 is 1.95 bits per heavy atom. The van der Waals surface area contributed by atoms with E-state index in [4.69, 9.17) is 0 Å². The van der Waals surface area contributed by atoms with E-state index in [1.54, 1.807) is 0 Å². The van der Waals surface area contributed by atoms with Crippen molar-refractivity contribution in [2.45, 2.75) is 57.1 Å². The summed E-state index contributed by atoms with van der Waals surface area (Å²) in [6, 6.07) is 2.62. The summed E-state index contributed by atoms with van der Waals surface area (Å²) in [6.07, 6.45) is 3.84. The topological polar surface area (TPSA) is 57.6 Å². The molecule has 118 valence electrons. The fraction of sp³-hybridized carbons (Fsp3) is 0.600. The van der Waals surface area contributed by atoms with Gasteiger partial charge in [-0.3, -0.25) is 0 Å². The molecular weight excluding hydrogens is 293 g/mol. The molecule has 0 bridgehead atoms. The highest BCUT2D eigenvalue weighted by molar-refractivity contribution is 7.89. The first-order chi connectivity index (χ1) is 9.91. The zero-order valence-electron chi connectivity index (χ0n) is 12.5. The van der Waals surface area contributed by atoms with Crippen LogP contribution in [0.1, 0.15) is 43.7 Å². The lowest BCUT2D eigenvalue weighted by atomic mass is 10.1. The summed E-state index contributed by atoms with van der Waals surface area (Å²) in [5, 5.41) is 9.19. The summed E-state index contributed by atoms with van der Waals surface area (Å²) >= 11 is 0. The number of rotatable bonds is 5. The average molecular weight is 315 g/mol. The number of aliphatic hydroxyl groups is 1. The molecule has 1 aromatic rings. The molecule has 1 N–H and O–H groups in total. The third kappa shape index (κ3) is 3.12. The molecule has 0 aliphatic heterocycles. The summed E-state index contributed by atoms with van der Waals surface area (Å²) in [6.45, 7) is 3.22. The molecule has 2 rings (SSSR count). The van der Waals surface area contributed by atoms with E-state index in [1.807, 2.05) is 6.92 Å². The molecule has 0 amide bonds. The van der Waals surface area contributed by atoms with E-state index < -0.39 is 22.4 Å². The Bertz CT molecular complexity index is 610. The van der Waals surface area contributed by atoms with Crippen LogP contribution in [0.25, 0.3) is 0 Å². The van der Waals surface area contributed by atoms with Crippen LogP contribution in [0, 0.1) is 12.7 Å². The fourth-order valence-electron chi connectivity index (χ4n) is 3.02. The largest absolute Gasteiger partial charge is 0.392 e. The second-order valence-electron chi connectivity index (χ2n) is 5.52. The van der Waals surface area contributed by atoms with Gasteiger partial charge in [-0.25, -0.2) is 12.8 Å². The van der Waals surface area contributed by atoms with Gasteiger partial charge < -0.3 is 5.11 Å². The quantitative estimate of drug-likeness (QED) is 0.908. The summed E-state index contributed by atoms with van der Waals surface area (Å²) in [7, 11) is -3.65. The Hall–Kier alpha value is -0.980. The van der Waals surface area contributed by atoms with Crippen LogP contribution >= 0.6 is 0 Å². The zero-order valence-corrected chi connectivity index (χ0v) is 13.3. The van der Waals surface area contributed by atoms with E-state index >= 15 is 0 Å². The Morgan fingerprint density at radius 1 is 1.33 bits per heavy atom. The monoisotopic (exact) mass is 315 g/mol. The summed E-state index contributed by atoms with van der Waals surface area (Å²) in [5.74, 6) is -0.541. The molecule has 1 aliphatic carbocycles. The Morgan fingerprint density at radius 3 is 2.48 bits per heavy atom. The van der Waals surface area contributed by atoms with E-state index in [2.05, 4.69) is 0 Å². The molecule has 0 heterocycles. The Kier molecular flexibility index (Phi) is 5.01. The number of benzene rings is 1. The van der Waals surface area contributed by atoms with Crippen LogP contribution in [0.3, 0.4) is 0 Å². The molecule has 0 unspecified atom stereocenters. The maximum atomic E-state index is 13.8. The third-order valence-corrected chi connectivity index (χ3v) is 6.13. The number of sulfonamides is 1. The van der Waals surface area contributed by atoms with Crippen LogP contribution in [0.4, 0.5) is 4.39 Å². The molecule has 21 heavy (non-hydrogen) atoms.